The van der Waals surface area contributed by atoms with Gasteiger partial charge in [0.05, 0.1) is 18.1 Å². The minimum atomic E-state index is -0.0272. The van der Waals surface area contributed by atoms with Crippen molar-refractivity contribution in [1.29, 1.82) is 0 Å². The molecule has 88 valence electrons. The van der Waals surface area contributed by atoms with Crippen LogP contribution in [-0.2, 0) is 13.0 Å². The second-order valence-electron chi connectivity index (χ2n) is 3.78. The van der Waals surface area contributed by atoms with Crippen molar-refractivity contribution in [1.82, 2.24) is 14.8 Å². The minimum Gasteiger partial charge on any atom is -0.397 e. The molecule has 5 nitrogen and oxygen atoms in total. The summed E-state index contributed by atoms with van der Waals surface area (Å²) < 4.78 is 1.79. The molecule has 2 aromatic heterocycles. The number of carbonyl (C=O) groups excluding carboxylic acids is 1. The fraction of sp³-hybridized carbons (Fsp3) is 0.250. The van der Waals surface area contributed by atoms with E-state index >= 15 is 0 Å². The highest BCUT2D eigenvalue weighted by molar-refractivity contribution is 5.95. The maximum atomic E-state index is 11.9. The normalized spacial score (nSPS) is 10.4. The molecular weight excluding hydrogens is 216 g/mol. The minimum absolute atomic E-state index is 0.0272. The maximum absolute atomic E-state index is 11.9. The van der Waals surface area contributed by atoms with Crippen molar-refractivity contribution in [3.8, 4) is 0 Å². The molecule has 2 heterocycles. The summed E-state index contributed by atoms with van der Waals surface area (Å²) in [5.74, 6) is -0.0272. The topological polar surface area (TPSA) is 73.8 Å². The number of Topliss-reactive ketones (excluding diaryl/α,β-unsaturated/α-hetero) is 1. The molecular formula is C12H14N4O. The summed E-state index contributed by atoms with van der Waals surface area (Å²) in [4.78, 5) is 15.9. The first kappa shape index (κ1) is 11.3. The molecule has 0 spiro atoms. The average Bonchev–Trinajstić information content (AvgIpc) is 2.77. The maximum Gasteiger partial charge on any atom is 0.185 e. The van der Waals surface area contributed by atoms with Crippen molar-refractivity contribution in [2.75, 3.05) is 5.73 Å². The Labute approximate surface area is 99.3 Å². The van der Waals surface area contributed by atoms with Gasteiger partial charge in [0.25, 0.3) is 0 Å². The van der Waals surface area contributed by atoms with Gasteiger partial charge in [-0.05, 0) is 24.6 Å². The highest BCUT2D eigenvalue weighted by Crippen LogP contribution is 2.07. The molecule has 0 aliphatic rings. The van der Waals surface area contributed by atoms with Crippen LogP contribution in [0.1, 0.15) is 23.0 Å². The Balaban J connectivity index is 2.08. The van der Waals surface area contributed by atoms with E-state index in [9.17, 15) is 4.79 Å². The van der Waals surface area contributed by atoms with Crippen LogP contribution < -0.4 is 5.73 Å². The second-order valence-corrected chi connectivity index (χ2v) is 3.78. The third-order valence-electron chi connectivity index (χ3n) is 2.45. The quantitative estimate of drug-likeness (QED) is 0.803. The molecule has 0 saturated carbocycles. The molecule has 0 bridgehead atoms. The van der Waals surface area contributed by atoms with E-state index in [4.69, 9.17) is 5.73 Å². The van der Waals surface area contributed by atoms with E-state index in [1.54, 1.807) is 23.0 Å². The van der Waals surface area contributed by atoms with Crippen molar-refractivity contribution in [2.45, 2.75) is 19.9 Å². The van der Waals surface area contributed by atoms with Crippen LogP contribution in [0.15, 0.2) is 30.7 Å². The van der Waals surface area contributed by atoms with Crippen molar-refractivity contribution in [3.05, 3.63) is 42.0 Å². The molecule has 0 aliphatic heterocycles. The highest BCUT2D eigenvalue weighted by Gasteiger charge is 2.09. The van der Waals surface area contributed by atoms with Crippen LogP contribution in [0.4, 0.5) is 5.69 Å². The summed E-state index contributed by atoms with van der Waals surface area (Å²) in [7, 11) is 0. The van der Waals surface area contributed by atoms with Crippen LogP contribution in [0, 0.1) is 0 Å². The predicted molar refractivity (Wildman–Crippen MR) is 64.6 cm³/mol. The van der Waals surface area contributed by atoms with Crippen molar-refractivity contribution >= 4 is 11.5 Å². The molecule has 2 aromatic rings. The summed E-state index contributed by atoms with van der Waals surface area (Å²) in [5.41, 5.74) is 7.40. The Bertz CT molecular complexity index is 516. The number of ketones is 1. The number of anilines is 1. The monoisotopic (exact) mass is 230 g/mol. The Kier molecular flexibility index (Phi) is 3.18. The predicted octanol–water partition coefficient (Wildman–Crippen LogP) is 1.31. The number of pyridine rings is 1. The van der Waals surface area contributed by atoms with Crippen LogP contribution in [0.5, 0.6) is 0 Å². The average molecular weight is 230 g/mol. The van der Waals surface area contributed by atoms with Gasteiger partial charge >= 0.3 is 0 Å². The van der Waals surface area contributed by atoms with Crippen molar-refractivity contribution in [3.63, 3.8) is 0 Å². The van der Waals surface area contributed by atoms with Gasteiger partial charge in [-0.1, -0.05) is 0 Å². The highest BCUT2D eigenvalue weighted by atomic mass is 16.1. The van der Waals surface area contributed by atoms with Gasteiger partial charge in [-0.2, -0.15) is 5.10 Å². The zero-order valence-corrected chi connectivity index (χ0v) is 9.63. The summed E-state index contributed by atoms with van der Waals surface area (Å²) in [5, 5.41) is 4.12. The van der Waals surface area contributed by atoms with E-state index in [1.807, 2.05) is 13.1 Å². The molecule has 0 aromatic carbocycles. The van der Waals surface area contributed by atoms with Crippen LogP contribution in [0.2, 0.25) is 0 Å². The number of hydrogen-bond acceptors (Lipinski definition) is 4. The molecule has 0 amide bonds. The van der Waals surface area contributed by atoms with Gasteiger partial charge in [-0.15, -0.1) is 0 Å². The lowest BCUT2D eigenvalue weighted by Gasteiger charge is -1.98. The third-order valence-corrected chi connectivity index (χ3v) is 2.45. The Morgan fingerprint density at radius 2 is 2.24 bits per heavy atom. The first-order valence-corrected chi connectivity index (χ1v) is 5.45. The summed E-state index contributed by atoms with van der Waals surface area (Å²) in [6.45, 7) is 2.80. The first-order valence-electron chi connectivity index (χ1n) is 5.45. The molecule has 5 heteroatoms. The Morgan fingerprint density at radius 3 is 2.82 bits per heavy atom. The van der Waals surface area contributed by atoms with Gasteiger partial charge in [0.1, 0.15) is 5.69 Å². The van der Waals surface area contributed by atoms with Crippen molar-refractivity contribution < 1.29 is 4.79 Å². The van der Waals surface area contributed by atoms with Crippen LogP contribution in [0.25, 0.3) is 0 Å². The lowest BCUT2D eigenvalue weighted by molar-refractivity contribution is 0.0988. The molecule has 2 rings (SSSR count). The standard InChI is InChI=1S/C12H14N4O/c1-2-16-8-9(6-15-16)5-12(17)11-4-3-10(13)7-14-11/h3-4,6-8H,2,5,13H2,1H3. The number of carbonyl (C=O) groups is 1. The van der Waals surface area contributed by atoms with E-state index in [1.165, 1.54) is 6.20 Å². The molecule has 2 N–H and O–H groups in total. The number of nitrogens with zero attached hydrogens (tertiary/aromatic N) is 3. The number of nitrogens with two attached hydrogens (primary N) is 1. The van der Waals surface area contributed by atoms with Gasteiger partial charge in [0.15, 0.2) is 5.78 Å². The van der Waals surface area contributed by atoms with Crippen LogP contribution in [0.3, 0.4) is 0 Å². The number of hydrogen-bond donors (Lipinski definition) is 1. The fourth-order valence-electron chi connectivity index (χ4n) is 1.52. The fourth-order valence-corrected chi connectivity index (χ4v) is 1.52. The molecule has 0 fully saturated rings. The number of rotatable bonds is 4. The SMILES string of the molecule is CCn1cc(CC(=O)c2ccc(N)cn2)cn1. The van der Waals surface area contributed by atoms with Gasteiger partial charge < -0.3 is 5.73 Å². The zero-order valence-electron chi connectivity index (χ0n) is 9.63. The summed E-state index contributed by atoms with van der Waals surface area (Å²) >= 11 is 0. The molecule has 0 unspecified atom stereocenters. The molecule has 0 saturated heterocycles. The third kappa shape index (κ3) is 2.69. The van der Waals surface area contributed by atoms with Gasteiger partial charge in [0.2, 0.25) is 0 Å². The van der Waals surface area contributed by atoms with Crippen LogP contribution in [-0.4, -0.2) is 20.5 Å². The van der Waals surface area contributed by atoms with Gasteiger partial charge in [-0.3, -0.25) is 14.5 Å². The first-order chi connectivity index (χ1) is 8.19. The Morgan fingerprint density at radius 1 is 1.41 bits per heavy atom. The molecule has 0 radical (unpaired) electrons. The second kappa shape index (κ2) is 4.78. The van der Waals surface area contributed by atoms with Crippen molar-refractivity contribution in [2.24, 2.45) is 0 Å². The lowest BCUT2D eigenvalue weighted by Crippen LogP contribution is -2.05. The van der Waals surface area contributed by atoms with E-state index in [-0.39, 0.29) is 5.78 Å². The zero-order chi connectivity index (χ0) is 12.3. The Hall–Kier alpha value is -2.17. The van der Waals surface area contributed by atoms with E-state index < -0.39 is 0 Å². The van der Waals surface area contributed by atoms with Gasteiger partial charge in [0, 0.05) is 19.2 Å². The largest absolute Gasteiger partial charge is 0.397 e. The van der Waals surface area contributed by atoms with E-state index in [0.717, 1.165) is 12.1 Å². The van der Waals surface area contributed by atoms with Crippen LogP contribution >= 0.6 is 0 Å². The van der Waals surface area contributed by atoms with Gasteiger partial charge in [-0.25, -0.2) is 0 Å². The summed E-state index contributed by atoms with van der Waals surface area (Å²) in [6, 6.07) is 3.32. The summed E-state index contributed by atoms with van der Waals surface area (Å²) in [6.07, 6.45) is 5.38. The number of aromatic nitrogens is 3. The van der Waals surface area contributed by atoms with E-state index in [0.29, 0.717) is 17.8 Å². The molecule has 17 heavy (non-hydrogen) atoms. The number of aryl methyl sites for hydroxylation is 1. The smallest absolute Gasteiger partial charge is 0.185 e. The van der Waals surface area contributed by atoms with E-state index in [2.05, 4.69) is 10.1 Å². The molecule has 0 atom stereocenters. The number of nitrogen functional groups attached to an aromatic ring is 1. The lowest BCUT2D eigenvalue weighted by atomic mass is 10.1. The molecule has 0 aliphatic carbocycles.